The summed E-state index contributed by atoms with van der Waals surface area (Å²) in [6.07, 6.45) is 7.23. The SMILES string of the molecule is CNC(CC1CC2CCC1C2)c1sccc1OC. The van der Waals surface area contributed by atoms with Gasteiger partial charge in [-0.15, -0.1) is 11.3 Å². The Hall–Kier alpha value is -0.540. The van der Waals surface area contributed by atoms with Gasteiger partial charge in [0.2, 0.25) is 0 Å². The van der Waals surface area contributed by atoms with Gasteiger partial charge in [-0.1, -0.05) is 6.42 Å². The molecule has 2 fully saturated rings. The number of nitrogens with one attached hydrogen (secondary N) is 1. The van der Waals surface area contributed by atoms with E-state index in [1.165, 1.54) is 37.0 Å². The zero-order valence-corrected chi connectivity index (χ0v) is 12.1. The van der Waals surface area contributed by atoms with Crippen LogP contribution in [0.1, 0.15) is 43.0 Å². The van der Waals surface area contributed by atoms with Gasteiger partial charge in [0.1, 0.15) is 5.75 Å². The van der Waals surface area contributed by atoms with Crippen molar-refractivity contribution in [3.05, 3.63) is 16.3 Å². The van der Waals surface area contributed by atoms with E-state index in [4.69, 9.17) is 4.74 Å². The Kier molecular flexibility index (Phi) is 3.62. The summed E-state index contributed by atoms with van der Waals surface area (Å²) in [7, 11) is 3.85. The van der Waals surface area contributed by atoms with E-state index in [1.54, 1.807) is 7.11 Å². The van der Waals surface area contributed by atoms with E-state index in [1.807, 2.05) is 11.3 Å². The van der Waals surface area contributed by atoms with Crippen LogP contribution in [0.5, 0.6) is 5.75 Å². The maximum Gasteiger partial charge on any atom is 0.134 e. The van der Waals surface area contributed by atoms with Crippen LogP contribution in [-0.4, -0.2) is 14.2 Å². The van der Waals surface area contributed by atoms with Crippen molar-refractivity contribution in [1.82, 2.24) is 5.32 Å². The van der Waals surface area contributed by atoms with Crippen molar-refractivity contribution < 1.29 is 4.74 Å². The van der Waals surface area contributed by atoms with E-state index in [0.29, 0.717) is 6.04 Å². The van der Waals surface area contributed by atoms with Crippen molar-refractivity contribution in [3.63, 3.8) is 0 Å². The quantitative estimate of drug-likeness (QED) is 0.873. The molecule has 4 unspecified atom stereocenters. The number of ether oxygens (including phenoxy) is 1. The van der Waals surface area contributed by atoms with Crippen molar-refractivity contribution in [2.75, 3.05) is 14.2 Å². The number of fused-ring (bicyclic) bond motifs is 2. The molecule has 1 heterocycles. The van der Waals surface area contributed by atoms with Crippen LogP contribution in [0, 0.1) is 17.8 Å². The lowest BCUT2D eigenvalue weighted by Gasteiger charge is -2.26. The highest BCUT2D eigenvalue weighted by atomic mass is 32.1. The molecular weight excluding hydrogens is 242 g/mol. The molecule has 2 nitrogen and oxygen atoms in total. The van der Waals surface area contributed by atoms with Gasteiger partial charge in [0.25, 0.3) is 0 Å². The molecule has 0 saturated heterocycles. The summed E-state index contributed by atoms with van der Waals surface area (Å²) >= 11 is 1.82. The van der Waals surface area contributed by atoms with E-state index in [0.717, 1.165) is 23.5 Å². The van der Waals surface area contributed by atoms with Gasteiger partial charge in [-0.2, -0.15) is 0 Å². The molecule has 1 aromatic heterocycles. The summed E-state index contributed by atoms with van der Waals surface area (Å²) in [6, 6.07) is 2.56. The summed E-state index contributed by atoms with van der Waals surface area (Å²) in [4.78, 5) is 1.38. The Morgan fingerprint density at radius 1 is 1.44 bits per heavy atom. The van der Waals surface area contributed by atoms with Gasteiger partial charge in [0.05, 0.1) is 12.0 Å². The minimum atomic E-state index is 0.476. The molecule has 2 aliphatic rings. The maximum atomic E-state index is 5.46. The van der Waals surface area contributed by atoms with Gasteiger partial charge in [-0.3, -0.25) is 0 Å². The third-order valence-electron chi connectivity index (χ3n) is 4.97. The number of thiophene rings is 1. The van der Waals surface area contributed by atoms with Crippen molar-refractivity contribution >= 4 is 11.3 Å². The largest absolute Gasteiger partial charge is 0.496 e. The van der Waals surface area contributed by atoms with Crippen LogP contribution in [0.15, 0.2) is 11.4 Å². The lowest BCUT2D eigenvalue weighted by atomic mass is 9.84. The highest BCUT2D eigenvalue weighted by Gasteiger charge is 2.40. The molecule has 2 aliphatic carbocycles. The van der Waals surface area contributed by atoms with Gasteiger partial charge in [0, 0.05) is 6.04 Å². The summed E-state index contributed by atoms with van der Waals surface area (Å²) in [5, 5.41) is 5.63. The smallest absolute Gasteiger partial charge is 0.134 e. The number of methoxy groups -OCH3 is 1. The summed E-state index contributed by atoms with van der Waals surface area (Å²) in [5.41, 5.74) is 0. The van der Waals surface area contributed by atoms with Crippen LogP contribution in [0.4, 0.5) is 0 Å². The lowest BCUT2D eigenvalue weighted by Crippen LogP contribution is -2.22. The predicted octanol–water partition coefficient (Wildman–Crippen LogP) is 3.84. The zero-order valence-electron chi connectivity index (χ0n) is 11.3. The first kappa shape index (κ1) is 12.5. The fourth-order valence-corrected chi connectivity index (χ4v) is 5.04. The monoisotopic (exact) mass is 265 g/mol. The fraction of sp³-hybridized carbons (Fsp3) is 0.733. The summed E-state index contributed by atoms with van der Waals surface area (Å²) in [5.74, 6) is 4.05. The molecule has 2 saturated carbocycles. The first-order chi connectivity index (χ1) is 8.81. The second-order valence-electron chi connectivity index (χ2n) is 5.87. The first-order valence-electron chi connectivity index (χ1n) is 7.10. The molecule has 100 valence electrons. The van der Waals surface area contributed by atoms with Crippen LogP contribution < -0.4 is 10.1 Å². The maximum absolute atomic E-state index is 5.46. The molecule has 1 N–H and O–H groups in total. The van der Waals surface area contributed by atoms with Crippen LogP contribution in [0.3, 0.4) is 0 Å². The molecule has 3 rings (SSSR count). The molecule has 4 atom stereocenters. The van der Waals surface area contributed by atoms with Crippen molar-refractivity contribution in [2.45, 2.75) is 38.1 Å². The molecule has 2 bridgehead atoms. The van der Waals surface area contributed by atoms with Gasteiger partial charge in [-0.05, 0) is 61.9 Å². The van der Waals surface area contributed by atoms with Gasteiger partial charge in [0.15, 0.2) is 0 Å². The van der Waals surface area contributed by atoms with Crippen molar-refractivity contribution in [2.24, 2.45) is 17.8 Å². The standard InChI is InChI=1S/C15H23NOS/c1-16-13(15-14(17-2)5-6-18-15)9-12-8-10-3-4-11(12)7-10/h5-6,10-13,16H,3-4,7-9H2,1-2H3. The molecule has 0 aromatic carbocycles. The molecular formula is C15H23NOS. The molecule has 3 heteroatoms. The fourth-order valence-electron chi connectivity index (χ4n) is 4.06. The highest BCUT2D eigenvalue weighted by molar-refractivity contribution is 7.10. The normalized spacial score (nSPS) is 31.8. The number of rotatable bonds is 5. The third-order valence-corrected chi connectivity index (χ3v) is 5.98. The second kappa shape index (κ2) is 5.22. The van der Waals surface area contributed by atoms with Gasteiger partial charge < -0.3 is 10.1 Å². The lowest BCUT2D eigenvalue weighted by molar-refractivity contribution is 0.282. The second-order valence-corrected chi connectivity index (χ2v) is 6.81. The van der Waals surface area contributed by atoms with Crippen molar-refractivity contribution in [3.8, 4) is 5.75 Å². The number of hydrogen-bond donors (Lipinski definition) is 1. The topological polar surface area (TPSA) is 21.3 Å². The Morgan fingerprint density at radius 3 is 2.94 bits per heavy atom. The van der Waals surface area contributed by atoms with Crippen molar-refractivity contribution in [1.29, 1.82) is 0 Å². The Labute approximate surface area is 114 Å². The van der Waals surface area contributed by atoms with Crippen LogP contribution in [-0.2, 0) is 0 Å². The average Bonchev–Trinajstić information content (AvgIpc) is 3.10. The van der Waals surface area contributed by atoms with E-state index in [-0.39, 0.29) is 0 Å². The summed E-state index contributed by atoms with van der Waals surface area (Å²) in [6.45, 7) is 0. The zero-order chi connectivity index (χ0) is 12.5. The van der Waals surface area contributed by atoms with E-state index < -0.39 is 0 Å². The number of hydrogen-bond acceptors (Lipinski definition) is 3. The van der Waals surface area contributed by atoms with Crippen LogP contribution >= 0.6 is 11.3 Å². The van der Waals surface area contributed by atoms with Crippen LogP contribution in [0.25, 0.3) is 0 Å². The Morgan fingerprint density at radius 2 is 2.33 bits per heavy atom. The average molecular weight is 265 g/mol. The molecule has 0 spiro atoms. The van der Waals surface area contributed by atoms with E-state index >= 15 is 0 Å². The Balaban J connectivity index is 1.69. The first-order valence-corrected chi connectivity index (χ1v) is 7.98. The predicted molar refractivity (Wildman–Crippen MR) is 76.2 cm³/mol. The highest BCUT2D eigenvalue weighted by Crippen LogP contribution is 2.51. The van der Waals surface area contributed by atoms with E-state index in [9.17, 15) is 0 Å². The summed E-state index contributed by atoms with van der Waals surface area (Å²) < 4.78 is 5.46. The van der Waals surface area contributed by atoms with Crippen LogP contribution in [0.2, 0.25) is 0 Å². The molecule has 0 amide bonds. The minimum absolute atomic E-state index is 0.476. The Bertz CT molecular complexity index is 403. The molecule has 18 heavy (non-hydrogen) atoms. The molecule has 1 aromatic rings. The molecule has 0 aliphatic heterocycles. The van der Waals surface area contributed by atoms with Gasteiger partial charge in [-0.25, -0.2) is 0 Å². The van der Waals surface area contributed by atoms with E-state index in [2.05, 4.69) is 23.8 Å². The third kappa shape index (κ3) is 2.19. The molecule has 0 radical (unpaired) electrons. The van der Waals surface area contributed by atoms with Gasteiger partial charge >= 0.3 is 0 Å². The minimum Gasteiger partial charge on any atom is -0.496 e.